The van der Waals surface area contributed by atoms with Crippen LogP contribution in [0.15, 0.2) is 0 Å². The second-order valence-corrected chi connectivity index (χ2v) is 6.08. The zero-order valence-electron chi connectivity index (χ0n) is 10.4. The van der Waals surface area contributed by atoms with E-state index in [9.17, 15) is 9.59 Å². The van der Waals surface area contributed by atoms with Gasteiger partial charge in [0.15, 0.2) is 0 Å². The third-order valence-corrected chi connectivity index (χ3v) is 4.60. The molecule has 6 heteroatoms. The molecule has 4 nitrogen and oxygen atoms in total. The van der Waals surface area contributed by atoms with Crippen LogP contribution in [-0.2, 0) is 9.53 Å². The summed E-state index contributed by atoms with van der Waals surface area (Å²) in [4.78, 5) is 26.3. The van der Waals surface area contributed by atoms with Crippen molar-refractivity contribution in [3.05, 3.63) is 16.0 Å². The molecule has 2 heterocycles. The van der Waals surface area contributed by atoms with Crippen molar-refractivity contribution in [3.8, 4) is 0 Å². The van der Waals surface area contributed by atoms with Gasteiger partial charge in [0, 0.05) is 17.8 Å². The molecule has 1 aliphatic rings. The predicted molar refractivity (Wildman–Crippen MR) is 71.7 cm³/mol. The SMILES string of the molecule is COC(=O)c1c(N2CC(Cl)CC2=O)sc(C)c1C. The van der Waals surface area contributed by atoms with Crippen molar-refractivity contribution in [2.45, 2.75) is 25.6 Å². The maximum Gasteiger partial charge on any atom is 0.341 e. The summed E-state index contributed by atoms with van der Waals surface area (Å²) >= 11 is 7.42. The number of amides is 1. The average Bonchev–Trinajstić information content (AvgIpc) is 2.79. The van der Waals surface area contributed by atoms with Gasteiger partial charge in [-0.1, -0.05) is 0 Å². The zero-order chi connectivity index (χ0) is 13.4. The van der Waals surface area contributed by atoms with E-state index in [1.165, 1.54) is 18.4 Å². The molecule has 98 valence electrons. The number of rotatable bonds is 2. The van der Waals surface area contributed by atoms with Crippen LogP contribution in [0.5, 0.6) is 0 Å². The van der Waals surface area contributed by atoms with E-state index >= 15 is 0 Å². The summed E-state index contributed by atoms with van der Waals surface area (Å²) in [7, 11) is 1.34. The van der Waals surface area contributed by atoms with Crippen LogP contribution >= 0.6 is 22.9 Å². The lowest BCUT2D eigenvalue weighted by molar-refractivity contribution is -0.117. The van der Waals surface area contributed by atoms with Gasteiger partial charge in [0.2, 0.25) is 5.91 Å². The van der Waals surface area contributed by atoms with Crippen LogP contribution < -0.4 is 4.90 Å². The standard InChI is InChI=1S/C12H14ClNO3S/c1-6-7(2)18-11(10(6)12(16)17-3)14-5-8(13)4-9(14)15/h8H,4-5H2,1-3H3. The Balaban J connectivity index is 2.48. The summed E-state index contributed by atoms with van der Waals surface area (Å²) in [5, 5.41) is 0.468. The Labute approximate surface area is 114 Å². The number of halogens is 1. The van der Waals surface area contributed by atoms with Crippen LogP contribution in [0.4, 0.5) is 5.00 Å². The molecule has 0 aromatic carbocycles. The minimum absolute atomic E-state index is 0.0404. The molecule has 0 bridgehead atoms. The fourth-order valence-electron chi connectivity index (χ4n) is 2.00. The summed E-state index contributed by atoms with van der Waals surface area (Å²) in [6.45, 7) is 4.23. The lowest BCUT2D eigenvalue weighted by atomic mass is 10.1. The van der Waals surface area contributed by atoms with Gasteiger partial charge in [0.1, 0.15) is 5.00 Å². The molecule has 0 saturated carbocycles. The Bertz CT molecular complexity index is 512. The zero-order valence-corrected chi connectivity index (χ0v) is 12.0. The quantitative estimate of drug-likeness (QED) is 0.620. The third-order valence-electron chi connectivity index (χ3n) is 3.08. The fraction of sp³-hybridized carbons (Fsp3) is 0.500. The molecule has 1 aliphatic heterocycles. The lowest BCUT2D eigenvalue weighted by Crippen LogP contribution is -2.25. The molecule has 0 aliphatic carbocycles. The number of nitrogens with zero attached hydrogens (tertiary/aromatic N) is 1. The van der Waals surface area contributed by atoms with Crippen LogP contribution in [0, 0.1) is 13.8 Å². The van der Waals surface area contributed by atoms with Gasteiger partial charge in [-0.25, -0.2) is 4.79 Å². The van der Waals surface area contributed by atoms with E-state index in [4.69, 9.17) is 16.3 Å². The highest BCUT2D eigenvalue weighted by molar-refractivity contribution is 7.17. The summed E-state index contributed by atoms with van der Waals surface area (Å²) in [5.41, 5.74) is 1.35. The van der Waals surface area contributed by atoms with E-state index in [2.05, 4.69) is 0 Å². The van der Waals surface area contributed by atoms with Gasteiger partial charge in [-0.3, -0.25) is 4.79 Å². The number of alkyl halides is 1. The van der Waals surface area contributed by atoms with E-state index < -0.39 is 5.97 Å². The summed E-state index contributed by atoms with van der Waals surface area (Å²) in [5.74, 6) is -0.445. The smallest absolute Gasteiger partial charge is 0.341 e. The first-order chi connectivity index (χ1) is 8.45. The van der Waals surface area contributed by atoms with Crippen LogP contribution in [0.2, 0.25) is 0 Å². The van der Waals surface area contributed by atoms with Crippen LogP contribution in [0.3, 0.4) is 0 Å². The second kappa shape index (κ2) is 4.90. The van der Waals surface area contributed by atoms with E-state index in [-0.39, 0.29) is 11.3 Å². The van der Waals surface area contributed by atoms with Crippen molar-refractivity contribution in [2.24, 2.45) is 0 Å². The largest absolute Gasteiger partial charge is 0.465 e. The molecule has 0 spiro atoms. The van der Waals surface area contributed by atoms with Gasteiger partial charge >= 0.3 is 5.97 Å². The summed E-state index contributed by atoms with van der Waals surface area (Å²) < 4.78 is 4.79. The molecule has 1 unspecified atom stereocenters. The number of hydrogen-bond acceptors (Lipinski definition) is 4. The third kappa shape index (κ3) is 2.12. The summed E-state index contributed by atoms with van der Waals surface area (Å²) in [6.07, 6.45) is 0.318. The van der Waals surface area contributed by atoms with Gasteiger partial charge in [0.25, 0.3) is 0 Å². The first kappa shape index (κ1) is 13.4. The Hall–Kier alpha value is -1.07. The van der Waals surface area contributed by atoms with Crippen molar-refractivity contribution in [1.29, 1.82) is 0 Å². The molecular formula is C12H14ClNO3S. The second-order valence-electron chi connectivity index (χ2n) is 4.26. The van der Waals surface area contributed by atoms with Gasteiger partial charge in [-0.05, 0) is 19.4 Å². The lowest BCUT2D eigenvalue weighted by Gasteiger charge is -2.15. The number of hydrogen-bond donors (Lipinski definition) is 0. The van der Waals surface area contributed by atoms with Gasteiger partial charge in [-0.15, -0.1) is 22.9 Å². The van der Waals surface area contributed by atoms with Crippen molar-refractivity contribution in [3.63, 3.8) is 0 Å². The molecule has 1 fully saturated rings. The minimum atomic E-state index is -0.405. The van der Waals surface area contributed by atoms with Gasteiger partial charge in [-0.2, -0.15) is 0 Å². The molecule has 18 heavy (non-hydrogen) atoms. The van der Waals surface area contributed by atoms with Crippen molar-refractivity contribution in [1.82, 2.24) is 0 Å². The molecule has 1 atom stereocenters. The van der Waals surface area contributed by atoms with Crippen LogP contribution in [0.1, 0.15) is 27.2 Å². The molecular weight excluding hydrogens is 274 g/mol. The van der Waals surface area contributed by atoms with E-state index in [0.717, 1.165) is 10.4 Å². The Kier molecular flexibility index (Phi) is 3.64. The molecule has 1 amide bonds. The number of aryl methyl sites for hydroxylation is 1. The number of carbonyl (C=O) groups excluding carboxylic acids is 2. The maximum atomic E-state index is 11.9. The fourth-order valence-corrected chi connectivity index (χ4v) is 3.44. The maximum absolute atomic E-state index is 11.9. The molecule has 1 aromatic heterocycles. The van der Waals surface area contributed by atoms with Crippen molar-refractivity contribution < 1.29 is 14.3 Å². The Morgan fingerprint density at radius 1 is 1.50 bits per heavy atom. The van der Waals surface area contributed by atoms with E-state index in [1.807, 2.05) is 13.8 Å². The molecule has 1 aromatic rings. The first-order valence-electron chi connectivity index (χ1n) is 5.58. The number of carbonyl (C=O) groups is 2. The Morgan fingerprint density at radius 2 is 2.17 bits per heavy atom. The van der Waals surface area contributed by atoms with Gasteiger partial charge < -0.3 is 9.64 Å². The number of methoxy groups -OCH3 is 1. The average molecular weight is 288 g/mol. The van der Waals surface area contributed by atoms with Crippen LogP contribution in [0.25, 0.3) is 0 Å². The predicted octanol–water partition coefficient (Wildman–Crippen LogP) is 2.50. The number of thiophene rings is 1. The molecule has 1 saturated heterocycles. The highest BCUT2D eigenvalue weighted by Crippen LogP contribution is 2.38. The Morgan fingerprint density at radius 3 is 2.67 bits per heavy atom. The van der Waals surface area contributed by atoms with Gasteiger partial charge in [0.05, 0.1) is 18.1 Å². The molecule has 0 N–H and O–H groups in total. The number of ether oxygens (including phenoxy) is 1. The first-order valence-corrected chi connectivity index (χ1v) is 6.83. The highest BCUT2D eigenvalue weighted by atomic mass is 35.5. The van der Waals surface area contributed by atoms with Crippen LogP contribution in [-0.4, -0.2) is 30.9 Å². The minimum Gasteiger partial charge on any atom is -0.465 e. The highest BCUT2D eigenvalue weighted by Gasteiger charge is 2.34. The monoisotopic (exact) mass is 287 g/mol. The molecule has 0 radical (unpaired) electrons. The van der Waals surface area contributed by atoms with Crippen molar-refractivity contribution in [2.75, 3.05) is 18.6 Å². The summed E-state index contributed by atoms with van der Waals surface area (Å²) in [6, 6.07) is 0. The van der Waals surface area contributed by atoms with E-state index in [0.29, 0.717) is 23.5 Å². The van der Waals surface area contributed by atoms with Crippen molar-refractivity contribution >= 4 is 39.8 Å². The number of esters is 1. The number of anilines is 1. The van der Waals surface area contributed by atoms with E-state index in [1.54, 1.807) is 4.90 Å². The molecule has 2 rings (SSSR count). The normalized spacial score (nSPS) is 19.4. The topological polar surface area (TPSA) is 46.6 Å².